The predicted molar refractivity (Wildman–Crippen MR) is 91.5 cm³/mol. The molecule has 1 aliphatic rings. The van der Waals surface area contributed by atoms with Crippen LogP contribution in [0.1, 0.15) is 38.9 Å². The zero-order valence-corrected chi connectivity index (χ0v) is 13.6. The fourth-order valence-electron chi connectivity index (χ4n) is 2.85. The third-order valence-electron chi connectivity index (χ3n) is 4.18. The second-order valence-electron chi connectivity index (χ2n) is 5.74. The zero-order chi connectivity index (χ0) is 17.1. The quantitative estimate of drug-likeness (QED) is 0.894. The van der Waals surface area contributed by atoms with Crippen LogP contribution < -0.4 is 11.1 Å². The molecular formula is C18H20N4O2. The van der Waals surface area contributed by atoms with Crippen LogP contribution >= 0.6 is 0 Å². The number of hydrogen-bond donors (Lipinski definition) is 2. The molecule has 0 radical (unpaired) electrons. The maximum atomic E-state index is 12.3. The third-order valence-corrected chi connectivity index (χ3v) is 4.18. The Morgan fingerprint density at radius 1 is 1.33 bits per heavy atom. The summed E-state index contributed by atoms with van der Waals surface area (Å²) in [4.78, 5) is 30.6. The number of carbonyl (C=O) groups is 2. The monoisotopic (exact) mass is 324 g/mol. The van der Waals surface area contributed by atoms with Crippen molar-refractivity contribution in [3.05, 3.63) is 58.8 Å². The van der Waals surface area contributed by atoms with Gasteiger partial charge >= 0.3 is 0 Å². The molecule has 2 heterocycles. The highest BCUT2D eigenvalue weighted by Gasteiger charge is 2.23. The first-order chi connectivity index (χ1) is 11.6. The molecule has 1 aliphatic heterocycles. The molecule has 124 valence electrons. The molecule has 0 spiro atoms. The number of hydrogen-bond acceptors (Lipinski definition) is 4. The van der Waals surface area contributed by atoms with E-state index in [0.29, 0.717) is 42.3 Å². The molecule has 6 nitrogen and oxygen atoms in total. The fraction of sp³-hybridized carbons (Fsp3) is 0.278. The molecule has 0 saturated heterocycles. The Hall–Kier alpha value is -2.89. The van der Waals surface area contributed by atoms with Crippen molar-refractivity contribution in [1.82, 2.24) is 15.2 Å². The van der Waals surface area contributed by atoms with Gasteiger partial charge in [0.15, 0.2) is 0 Å². The standard InChI is InChI=1S/C18H20N4O2/c1-2-22-9-8-12-10-13(6-7-15(12)18(22)24)17(23)20-11-14-4-3-5-16(19)21-14/h3-7,10H,2,8-9,11H2,1H3,(H2,19,21)(H,20,23). The molecule has 6 heteroatoms. The molecule has 0 saturated carbocycles. The van der Waals surface area contributed by atoms with Crippen molar-refractivity contribution in [2.24, 2.45) is 0 Å². The fourth-order valence-corrected chi connectivity index (χ4v) is 2.85. The Labute approximate surface area is 140 Å². The number of benzene rings is 1. The first-order valence-electron chi connectivity index (χ1n) is 8.00. The number of aromatic nitrogens is 1. The summed E-state index contributed by atoms with van der Waals surface area (Å²) in [5.74, 6) is 0.275. The number of nitrogens with one attached hydrogen (secondary N) is 1. The minimum Gasteiger partial charge on any atom is -0.384 e. The van der Waals surface area contributed by atoms with E-state index in [0.717, 1.165) is 12.0 Å². The number of nitrogens with two attached hydrogens (primary N) is 1. The Bertz CT molecular complexity index is 788. The van der Waals surface area contributed by atoms with E-state index < -0.39 is 0 Å². The van der Waals surface area contributed by atoms with Gasteiger partial charge in [0.25, 0.3) is 11.8 Å². The van der Waals surface area contributed by atoms with Gasteiger partial charge in [0.2, 0.25) is 0 Å². The van der Waals surface area contributed by atoms with Gasteiger partial charge in [-0.1, -0.05) is 6.07 Å². The molecule has 1 aromatic heterocycles. The average molecular weight is 324 g/mol. The number of pyridine rings is 1. The molecule has 24 heavy (non-hydrogen) atoms. The maximum Gasteiger partial charge on any atom is 0.254 e. The molecule has 0 unspecified atom stereocenters. The van der Waals surface area contributed by atoms with Gasteiger partial charge in [0.05, 0.1) is 12.2 Å². The summed E-state index contributed by atoms with van der Waals surface area (Å²) in [5, 5.41) is 2.83. The van der Waals surface area contributed by atoms with Gasteiger partial charge in [0, 0.05) is 24.2 Å². The molecule has 0 aliphatic carbocycles. The summed E-state index contributed by atoms with van der Waals surface area (Å²) >= 11 is 0. The lowest BCUT2D eigenvalue weighted by atomic mass is 9.96. The lowest BCUT2D eigenvalue weighted by Gasteiger charge is -2.27. The first kappa shape index (κ1) is 16.0. The van der Waals surface area contributed by atoms with E-state index in [1.165, 1.54) is 0 Å². The van der Waals surface area contributed by atoms with Crippen LogP contribution in [0.5, 0.6) is 0 Å². The Kier molecular flexibility index (Phi) is 4.46. The summed E-state index contributed by atoms with van der Waals surface area (Å²) in [6.45, 7) is 3.67. The molecular weight excluding hydrogens is 304 g/mol. The Morgan fingerprint density at radius 2 is 2.17 bits per heavy atom. The van der Waals surface area contributed by atoms with Crippen molar-refractivity contribution in [3.63, 3.8) is 0 Å². The van der Waals surface area contributed by atoms with E-state index in [-0.39, 0.29) is 11.8 Å². The zero-order valence-electron chi connectivity index (χ0n) is 13.6. The molecule has 0 fully saturated rings. The smallest absolute Gasteiger partial charge is 0.254 e. The van der Waals surface area contributed by atoms with Crippen molar-refractivity contribution in [3.8, 4) is 0 Å². The van der Waals surface area contributed by atoms with Crippen molar-refractivity contribution in [2.45, 2.75) is 19.9 Å². The van der Waals surface area contributed by atoms with Gasteiger partial charge in [-0.05, 0) is 49.2 Å². The van der Waals surface area contributed by atoms with Gasteiger partial charge < -0.3 is 16.0 Å². The van der Waals surface area contributed by atoms with Crippen LogP contribution in [0.15, 0.2) is 36.4 Å². The molecule has 3 rings (SSSR count). The van der Waals surface area contributed by atoms with Gasteiger partial charge in [0.1, 0.15) is 5.82 Å². The van der Waals surface area contributed by atoms with Crippen molar-refractivity contribution >= 4 is 17.6 Å². The van der Waals surface area contributed by atoms with Crippen LogP contribution in [0.25, 0.3) is 0 Å². The topological polar surface area (TPSA) is 88.3 Å². The van der Waals surface area contributed by atoms with Crippen molar-refractivity contribution < 1.29 is 9.59 Å². The average Bonchev–Trinajstić information content (AvgIpc) is 2.60. The second-order valence-corrected chi connectivity index (χ2v) is 5.74. The highest BCUT2D eigenvalue weighted by Crippen LogP contribution is 2.20. The van der Waals surface area contributed by atoms with E-state index in [2.05, 4.69) is 10.3 Å². The number of amides is 2. The Morgan fingerprint density at radius 3 is 2.92 bits per heavy atom. The molecule has 0 bridgehead atoms. The highest BCUT2D eigenvalue weighted by atomic mass is 16.2. The van der Waals surface area contributed by atoms with Crippen molar-refractivity contribution in [2.75, 3.05) is 18.8 Å². The van der Waals surface area contributed by atoms with E-state index in [1.807, 2.05) is 24.0 Å². The third kappa shape index (κ3) is 3.22. The molecule has 2 amide bonds. The molecule has 1 aromatic carbocycles. The van der Waals surface area contributed by atoms with Gasteiger partial charge in [-0.25, -0.2) is 4.98 Å². The summed E-state index contributed by atoms with van der Waals surface area (Å²) < 4.78 is 0. The number of nitrogen functional groups attached to an aromatic ring is 1. The highest BCUT2D eigenvalue weighted by molar-refractivity contribution is 5.99. The SMILES string of the molecule is CCN1CCc2cc(C(=O)NCc3cccc(N)n3)ccc2C1=O. The van der Waals surface area contributed by atoms with E-state index in [4.69, 9.17) is 5.73 Å². The minimum atomic E-state index is -0.188. The summed E-state index contributed by atoms with van der Waals surface area (Å²) in [5.41, 5.74) is 8.51. The predicted octanol–water partition coefficient (Wildman–Crippen LogP) is 1.61. The van der Waals surface area contributed by atoms with Crippen LogP contribution in [-0.2, 0) is 13.0 Å². The second kappa shape index (κ2) is 6.70. The maximum absolute atomic E-state index is 12.3. The number of carbonyl (C=O) groups excluding carboxylic acids is 2. The van der Waals surface area contributed by atoms with Crippen LogP contribution in [0.3, 0.4) is 0 Å². The summed E-state index contributed by atoms with van der Waals surface area (Å²) in [7, 11) is 0. The minimum absolute atomic E-state index is 0.0367. The first-order valence-corrected chi connectivity index (χ1v) is 8.00. The number of fused-ring (bicyclic) bond motifs is 1. The lowest BCUT2D eigenvalue weighted by molar-refractivity contribution is 0.0748. The lowest BCUT2D eigenvalue weighted by Crippen LogP contribution is -2.37. The van der Waals surface area contributed by atoms with Gasteiger partial charge in [-0.15, -0.1) is 0 Å². The van der Waals surface area contributed by atoms with E-state index in [9.17, 15) is 9.59 Å². The number of nitrogens with zero attached hydrogens (tertiary/aromatic N) is 2. The molecule has 2 aromatic rings. The normalized spacial score (nSPS) is 13.5. The Balaban J connectivity index is 1.71. The number of rotatable bonds is 4. The van der Waals surface area contributed by atoms with Crippen LogP contribution in [0, 0.1) is 0 Å². The number of anilines is 1. The van der Waals surface area contributed by atoms with Gasteiger partial charge in [-0.3, -0.25) is 9.59 Å². The van der Waals surface area contributed by atoms with Crippen LogP contribution in [0.4, 0.5) is 5.82 Å². The van der Waals surface area contributed by atoms with E-state index >= 15 is 0 Å². The van der Waals surface area contributed by atoms with Crippen molar-refractivity contribution in [1.29, 1.82) is 0 Å². The molecule has 0 atom stereocenters. The number of likely N-dealkylation sites (N-methyl/N-ethyl adjacent to an activating group) is 1. The summed E-state index contributed by atoms with van der Waals surface area (Å²) in [6.07, 6.45) is 0.771. The van der Waals surface area contributed by atoms with Gasteiger partial charge in [-0.2, -0.15) is 0 Å². The van der Waals surface area contributed by atoms with Crippen LogP contribution in [-0.4, -0.2) is 34.8 Å². The molecule has 3 N–H and O–H groups in total. The summed E-state index contributed by atoms with van der Waals surface area (Å²) in [6, 6.07) is 10.5. The van der Waals surface area contributed by atoms with E-state index in [1.54, 1.807) is 24.3 Å². The van der Waals surface area contributed by atoms with Crippen LogP contribution in [0.2, 0.25) is 0 Å². The largest absolute Gasteiger partial charge is 0.384 e.